The highest BCUT2D eigenvalue weighted by Gasteiger charge is 2.21. The fraction of sp³-hybridized carbons (Fsp3) is 0.235. The van der Waals surface area contributed by atoms with Crippen molar-refractivity contribution in [3.05, 3.63) is 58.9 Å². The Morgan fingerprint density at radius 2 is 1.68 bits per heavy atom. The van der Waals surface area contributed by atoms with Crippen LogP contribution in [0.3, 0.4) is 0 Å². The molecule has 2 aromatic rings. The molecule has 0 radical (unpaired) electrons. The number of benzene rings is 2. The Labute approximate surface area is 134 Å². The Morgan fingerprint density at radius 1 is 1.00 bits per heavy atom. The number of hydrogen-bond donors (Lipinski definition) is 0. The SMILES string of the molecule is N#Cc1c(F)cccc1N1CCN(c2cccc(Cl)c2)CC1. The molecule has 22 heavy (non-hydrogen) atoms. The molecule has 1 saturated heterocycles. The minimum Gasteiger partial charge on any atom is -0.368 e. The minimum absolute atomic E-state index is 0.124. The molecule has 1 heterocycles. The molecule has 112 valence electrons. The average molecular weight is 316 g/mol. The van der Waals surface area contributed by atoms with Gasteiger partial charge in [-0.3, -0.25) is 0 Å². The van der Waals surface area contributed by atoms with E-state index in [0.717, 1.165) is 36.9 Å². The van der Waals surface area contributed by atoms with E-state index in [1.807, 2.05) is 30.3 Å². The van der Waals surface area contributed by atoms with Crippen molar-refractivity contribution in [1.29, 1.82) is 5.26 Å². The van der Waals surface area contributed by atoms with Gasteiger partial charge in [-0.15, -0.1) is 0 Å². The Bertz CT molecular complexity index is 718. The third kappa shape index (κ3) is 2.86. The van der Waals surface area contributed by atoms with Crippen LogP contribution in [-0.4, -0.2) is 26.2 Å². The zero-order valence-corrected chi connectivity index (χ0v) is 12.7. The molecule has 0 spiro atoms. The topological polar surface area (TPSA) is 30.3 Å². The first-order chi connectivity index (χ1) is 10.7. The molecule has 0 unspecified atom stereocenters. The summed E-state index contributed by atoms with van der Waals surface area (Å²) in [6.45, 7) is 3.10. The minimum atomic E-state index is -0.461. The molecule has 5 heteroatoms. The standard InChI is InChI=1S/C17H15ClFN3/c18-13-3-1-4-14(11-13)21-7-9-22(10-8-21)17-6-2-5-16(19)15(17)12-20/h1-6,11H,7-10H2. The van der Waals surface area contributed by atoms with Crippen LogP contribution >= 0.6 is 11.6 Å². The summed E-state index contributed by atoms with van der Waals surface area (Å²) >= 11 is 6.03. The molecule has 0 bridgehead atoms. The molecule has 0 saturated carbocycles. The van der Waals surface area contributed by atoms with Gasteiger partial charge in [0.25, 0.3) is 0 Å². The predicted molar refractivity (Wildman–Crippen MR) is 87.0 cm³/mol. The van der Waals surface area contributed by atoms with Gasteiger partial charge in [0, 0.05) is 36.9 Å². The van der Waals surface area contributed by atoms with Crippen LogP contribution in [0.4, 0.5) is 15.8 Å². The molecule has 1 fully saturated rings. The normalized spacial score (nSPS) is 14.8. The van der Waals surface area contributed by atoms with Gasteiger partial charge in [0.1, 0.15) is 17.4 Å². The second kappa shape index (κ2) is 6.25. The quantitative estimate of drug-likeness (QED) is 0.847. The van der Waals surface area contributed by atoms with E-state index in [-0.39, 0.29) is 5.56 Å². The lowest BCUT2D eigenvalue weighted by atomic mass is 10.1. The highest BCUT2D eigenvalue weighted by molar-refractivity contribution is 6.30. The maximum Gasteiger partial charge on any atom is 0.143 e. The third-order valence-corrected chi connectivity index (χ3v) is 4.13. The van der Waals surface area contributed by atoms with Crippen molar-refractivity contribution in [3.8, 4) is 6.07 Å². The Hall–Kier alpha value is -2.25. The van der Waals surface area contributed by atoms with Crippen molar-refractivity contribution in [2.75, 3.05) is 36.0 Å². The number of rotatable bonds is 2. The van der Waals surface area contributed by atoms with E-state index in [9.17, 15) is 4.39 Å². The molecule has 0 N–H and O–H groups in total. The van der Waals surface area contributed by atoms with Crippen LogP contribution in [-0.2, 0) is 0 Å². The first-order valence-electron chi connectivity index (χ1n) is 7.13. The summed E-state index contributed by atoms with van der Waals surface area (Å²) in [6, 6.07) is 14.5. The van der Waals surface area contributed by atoms with Gasteiger partial charge in [-0.1, -0.05) is 23.7 Å². The van der Waals surface area contributed by atoms with Crippen LogP contribution in [0, 0.1) is 17.1 Å². The van der Waals surface area contributed by atoms with E-state index in [1.165, 1.54) is 6.07 Å². The van der Waals surface area contributed by atoms with Gasteiger partial charge in [-0.2, -0.15) is 5.26 Å². The number of nitrogens with zero attached hydrogens (tertiary/aromatic N) is 3. The summed E-state index contributed by atoms with van der Waals surface area (Å²) < 4.78 is 13.7. The lowest BCUT2D eigenvalue weighted by molar-refractivity contribution is 0.616. The Kier molecular flexibility index (Phi) is 4.17. The van der Waals surface area contributed by atoms with Crippen LogP contribution in [0.25, 0.3) is 0 Å². The fourth-order valence-electron chi connectivity index (χ4n) is 2.77. The van der Waals surface area contributed by atoms with Gasteiger partial charge in [-0.25, -0.2) is 4.39 Å². The van der Waals surface area contributed by atoms with E-state index in [0.29, 0.717) is 5.69 Å². The molecule has 0 aliphatic carbocycles. The maximum atomic E-state index is 13.7. The van der Waals surface area contributed by atoms with E-state index in [1.54, 1.807) is 12.1 Å². The second-order valence-corrected chi connectivity index (χ2v) is 5.64. The monoisotopic (exact) mass is 315 g/mol. The molecule has 2 aromatic carbocycles. The van der Waals surface area contributed by atoms with Crippen LogP contribution in [0.1, 0.15) is 5.56 Å². The fourth-order valence-corrected chi connectivity index (χ4v) is 2.95. The third-order valence-electron chi connectivity index (χ3n) is 3.90. The molecular formula is C17H15ClFN3. The molecule has 0 aromatic heterocycles. The lowest BCUT2D eigenvalue weighted by Gasteiger charge is -2.37. The van der Waals surface area contributed by atoms with Crippen molar-refractivity contribution in [2.24, 2.45) is 0 Å². The zero-order chi connectivity index (χ0) is 15.5. The van der Waals surface area contributed by atoms with E-state index in [4.69, 9.17) is 16.9 Å². The van der Waals surface area contributed by atoms with E-state index < -0.39 is 5.82 Å². The molecule has 0 atom stereocenters. The zero-order valence-electron chi connectivity index (χ0n) is 12.0. The van der Waals surface area contributed by atoms with Gasteiger partial charge in [0.2, 0.25) is 0 Å². The summed E-state index contributed by atoms with van der Waals surface area (Å²) in [7, 11) is 0. The molecule has 3 nitrogen and oxygen atoms in total. The van der Waals surface area contributed by atoms with Crippen molar-refractivity contribution >= 4 is 23.0 Å². The molecule has 0 amide bonds. The average Bonchev–Trinajstić information content (AvgIpc) is 2.55. The summed E-state index contributed by atoms with van der Waals surface area (Å²) in [5, 5.41) is 9.87. The summed E-state index contributed by atoms with van der Waals surface area (Å²) in [5.41, 5.74) is 1.89. The van der Waals surface area contributed by atoms with Crippen LogP contribution in [0.2, 0.25) is 5.02 Å². The van der Waals surface area contributed by atoms with Crippen LogP contribution in [0.5, 0.6) is 0 Å². The number of halogens is 2. The highest BCUT2D eigenvalue weighted by atomic mass is 35.5. The number of anilines is 2. The van der Waals surface area contributed by atoms with Crippen molar-refractivity contribution in [2.45, 2.75) is 0 Å². The maximum absolute atomic E-state index is 13.7. The highest BCUT2D eigenvalue weighted by Crippen LogP contribution is 2.26. The number of piperazine rings is 1. The van der Waals surface area contributed by atoms with Crippen molar-refractivity contribution < 1.29 is 4.39 Å². The second-order valence-electron chi connectivity index (χ2n) is 5.20. The molecule has 1 aliphatic rings. The van der Waals surface area contributed by atoms with Crippen LogP contribution in [0.15, 0.2) is 42.5 Å². The van der Waals surface area contributed by atoms with Gasteiger partial charge in [0.15, 0.2) is 0 Å². The Balaban J connectivity index is 1.75. The van der Waals surface area contributed by atoms with Gasteiger partial charge in [-0.05, 0) is 30.3 Å². The van der Waals surface area contributed by atoms with Crippen molar-refractivity contribution in [3.63, 3.8) is 0 Å². The first kappa shape index (κ1) is 14.7. The molecule has 1 aliphatic heterocycles. The first-order valence-corrected chi connectivity index (χ1v) is 7.51. The van der Waals surface area contributed by atoms with Gasteiger partial charge >= 0.3 is 0 Å². The van der Waals surface area contributed by atoms with E-state index in [2.05, 4.69) is 9.80 Å². The smallest absolute Gasteiger partial charge is 0.143 e. The predicted octanol–water partition coefficient (Wildman–Crippen LogP) is 3.68. The summed E-state index contributed by atoms with van der Waals surface area (Å²) in [4.78, 5) is 4.30. The Morgan fingerprint density at radius 3 is 2.36 bits per heavy atom. The lowest BCUT2D eigenvalue weighted by Crippen LogP contribution is -2.46. The summed E-state index contributed by atoms with van der Waals surface area (Å²) in [5.74, 6) is -0.461. The summed E-state index contributed by atoms with van der Waals surface area (Å²) in [6.07, 6.45) is 0. The molecular weight excluding hydrogens is 301 g/mol. The number of hydrogen-bond acceptors (Lipinski definition) is 3. The van der Waals surface area contributed by atoms with Crippen molar-refractivity contribution in [1.82, 2.24) is 0 Å². The van der Waals surface area contributed by atoms with Gasteiger partial charge in [0.05, 0.1) is 5.69 Å². The van der Waals surface area contributed by atoms with E-state index >= 15 is 0 Å². The largest absolute Gasteiger partial charge is 0.368 e. The molecule has 3 rings (SSSR count). The van der Waals surface area contributed by atoms with Gasteiger partial charge < -0.3 is 9.80 Å². The van der Waals surface area contributed by atoms with Crippen LogP contribution < -0.4 is 9.80 Å². The number of nitriles is 1.